The number of nitriles is 1. The fourth-order valence-electron chi connectivity index (χ4n) is 1.25. The van der Waals surface area contributed by atoms with E-state index in [1.165, 1.54) is 18.2 Å². The van der Waals surface area contributed by atoms with Crippen molar-refractivity contribution in [3.05, 3.63) is 28.2 Å². The first-order chi connectivity index (χ1) is 8.84. The summed E-state index contributed by atoms with van der Waals surface area (Å²) in [5.41, 5.74) is 0.284. The summed E-state index contributed by atoms with van der Waals surface area (Å²) in [6, 6.07) is 6.15. The predicted octanol–water partition coefficient (Wildman–Crippen LogP) is 2.26. The van der Waals surface area contributed by atoms with E-state index in [1.807, 2.05) is 0 Å². The van der Waals surface area contributed by atoms with Crippen molar-refractivity contribution < 1.29 is 13.2 Å². The Kier molecular flexibility index (Phi) is 5.60. The first kappa shape index (κ1) is 15.8. The average Bonchev–Trinajstić information content (AvgIpc) is 2.29. The van der Waals surface area contributed by atoms with Crippen molar-refractivity contribution >= 4 is 44.6 Å². The summed E-state index contributed by atoms with van der Waals surface area (Å²) in [6.07, 6.45) is -0.142. The molecule has 0 saturated heterocycles. The van der Waals surface area contributed by atoms with Gasteiger partial charge in [-0.15, -0.1) is 0 Å². The lowest BCUT2D eigenvalue weighted by Gasteiger charge is -2.07. The predicted molar refractivity (Wildman–Crippen MR) is 74.0 cm³/mol. The number of carbonyl (C=O) groups excluding carboxylic acids is 1. The summed E-state index contributed by atoms with van der Waals surface area (Å²) in [5, 5.41) is 11.3. The molecule has 0 aliphatic carbocycles. The SMILES string of the molecule is N#CCCS(=O)(=O)CC(=O)Nc1ccc(Cl)cc1Cl. The fourth-order valence-corrected chi connectivity index (χ4v) is 2.72. The summed E-state index contributed by atoms with van der Waals surface area (Å²) in [6.45, 7) is 0. The van der Waals surface area contributed by atoms with Crippen LogP contribution in [0.25, 0.3) is 0 Å². The molecule has 0 unspecified atom stereocenters. The zero-order valence-corrected chi connectivity index (χ0v) is 12.0. The van der Waals surface area contributed by atoms with E-state index in [-0.39, 0.29) is 22.9 Å². The van der Waals surface area contributed by atoms with Crippen LogP contribution in [0.4, 0.5) is 5.69 Å². The summed E-state index contributed by atoms with van der Waals surface area (Å²) < 4.78 is 22.9. The van der Waals surface area contributed by atoms with E-state index in [2.05, 4.69) is 5.32 Å². The number of hydrogen-bond donors (Lipinski definition) is 1. The Morgan fingerprint density at radius 2 is 2.05 bits per heavy atom. The van der Waals surface area contributed by atoms with Gasteiger partial charge in [-0.2, -0.15) is 5.26 Å². The first-order valence-electron chi connectivity index (χ1n) is 5.16. The maximum Gasteiger partial charge on any atom is 0.239 e. The standard InChI is InChI=1S/C11H10Cl2N2O3S/c12-8-2-3-10(9(13)6-8)15-11(16)7-19(17,18)5-1-4-14/h2-3,6H,1,5,7H2,(H,15,16). The Hall–Kier alpha value is -1.29. The molecule has 1 rings (SSSR count). The third-order valence-corrected chi connectivity index (χ3v) is 4.16. The van der Waals surface area contributed by atoms with Gasteiger partial charge in [0.25, 0.3) is 0 Å². The van der Waals surface area contributed by atoms with Gasteiger partial charge in [0.15, 0.2) is 9.84 Å². The lowest BCUT2D eigenvalue weighted by molar-refractivity contribution is -0.113. The maximum absolute atomic E-state index is 11.6. The van der Waals surface area contributed by atoms with Crippen molar-refractivity contribution in [2.45, 2.75) is 6.42 Å². The minimum atomic E-state index is -3.59. The highest BCUT2D eigenvalue weighted by Gasteiger charge is 2.17. The molecule has 0 fully saturated rings. The van der Waals surface area contributed by atoms with Crippen LogP contribution in [0.2, 0.25) is 10.0 Å². The Balaban J connectivity index is 2.68. The van der Waals surface area contributed by atoms with Gasteiger partial charge < -0.3 is 5.32 Å². The average molecular weight is 321 g/mol. The van der Waals surface area contributed by atoms with E-state index in [4.69, 9.17) is 28.5 Å². The first-order valence-corrected chi connectivity index (χ1v) is 7.74. The van der Waals surface area contributed by atoms with E-state index < -0.39 is 21.5 Å². The topological polar surface area (TPSA) is 87.0 Å². The van der Waals surface area contributed by atoms with Gasteiger partial charge in [-0.25, -0.2) is 8.42 Å². The number of hydrogen-bond acceptors (Lipinski definition) is 4. The highest BCUT2D eigenvalue weighted by molar-refractivity contribution is 7.92. The molecule has 0 spiro atoms. The Morgan fingerprint density at radius 3 is 2.63 bits per heavy atom. The molecule has 8 heteroatoms. The van der Waals surface area contributed by atoms with Crippen molar-refractivity contribution in [1.29, 1.82) is 5.26 Å². The minimum Gasteiger partial charge on any atom is -0.324 e. The van der Waals surface area contributed by atoms with Crippen LogP contribution >= 0.6 is 23.2 Å². The molecule has 0 saturated carbocycles. The van der Waals surface area contributed by atoms with Gasteiger partial charge >= 0.3 is 0 Å². The van der Waals surface area contributed by atoms with E-state index >= 15 is 0 Å². The largest absolute Gasteiger partial charge is 0.324 e. The molecule has 0 aliphatic rings. The fraction of sp³-hybridized carbons (Fsp3) is 0.273. The number of anilines is 1. The Morgan fingerprint density at radius 1 is 1.37 bits per heavy atom. The number of nitrogens with one attached hydrogen (secondary N) is 1. The van der Waals surface area contributed by atoms with Gasteiger partial charge in [-0.05, 0) is 18.2 Å². The monoisotopic (exact) mass is 320 g/mol. The van der Waals surface area contributed by atoms with E-state index in [9.17, 15) is 13.2 Å². The highest BCUT2D eigenvalue weighted by atomic mass is 35.5. The van der Waals surface area contributed by atoms with E-state index in [0.717, 1.165) is 0 Å². The van der Waals surface area contributed by atoms with Gasteiger partial charge in [-0.1, -0.05) is 23.2 Å². The number of rotatable bonds is 5. The summed E-state index contributed by atoms with van der Waals surface area (Å²) in [7, 11) is -3.59. The zero-order valence-electron chi connectivity index (χ0n) is 9.69. The van der Waals surface area contributed by atoms with Crippen LogP contribution < -0.4 is 5.32 Å². The highest BCUT2D eigenvalue weighted by Crippen LogP contribution is 2.25. The van der Waals surface area contributed by atoms with Gasteiger partial charge in [0.2, 0.25) is 5.91 Å². The smallest absolute Gasteiger partial charge is 0.239 e. The Bertz CT molecular complexity index is 623. The van der Waals surface area contributed by atoms with Crippen molar-refractivity contribution in [3.8, 4) is 6.07 Å². The van der Waals surface area contributed by atoms with Crippen LogP contribution in [0.1, 0.15) is 6.42 Å². The molecule has 0 aromatic heterocycles. The molecular weight excluding hydrogens is 311 g/mol. The number of halogens is 2. The van der Waals surface area contributed by atoms with Gasteiger partial charge in [0, 0.05) is 11.4 Å². The molecule has 1 N–H and O–H groups in total. The normalized spacial score (nSPS) is 10.8. The second kappa shape index (κ2) is 6.75. The lowest BCUT2D eigenvalue weighted by atomic mass is 10.3. The second-order valence-corrected chi connectivity index (χ2v) is 6.70. The molecule has 1 aromatic carbocycles. The van der Waals surface area contributed by atoms with Gasteiger partial charge in [0.1, 0.15) is 5.75 Å². The van der Waals surface area contributed by atoms with Gasteiger partial charge in [-0.3, -0.25) is 4.79 Å². The molecule has 0 atom stereocenters. The molecule has 5 nitrogen and oxygen atoms in total. The maximum atomic E-state index is 11.6. The van der Waals surface area contributed by atoms with Crippen LogP contribution in [0.5, 0.6) is 0 Å². The van der Waals surface area contributed by atoms with Crippen molar-refractivity contribution in [1.82, 2.24) is 0 Å². The number of sulfone groups is 1. The summed E-state index contributed by atoms with van der Waals surface area (Å²) in [5.74, 6) is -1.74. The van der Waals surface area contributed by atoms with Crippen LogP contribution in [0, 0.1) is 11.3 Å². The van der Waals surface area contributed by atoms with Crippen LogP contribution in [-0.4, -0.2) is 25.8 Å². The lowest BCUT2D eigenvalue weighted by Crippen LogP contribution is -2.24. The number of nitrogens with zero attached hydrogens (tertiary/aromatic N) is 1. The third kappa shape index (κ3) is 5.47. The summed E-state index contributed by atoms with van der Waals surface area (Å²) >= 11 is 11.5. The third-order valence-electron chi connectivity index (χ3n) is 2.08. The molecule has 0 aliphatic heterocycles. The zero-order chi connectivity index (χ0) is 14.5. The second-order valence-electron chi connectivity index (χ2n) is 3.67. The Labute approximate surface area is 121 Å². The van der Waals surface area contributed by atoms with Crippen molar-refractivity contribution in [2.75, 3.05) is 16.8 Å². The van der Waals surface area contributed by atoms with Crippen molar-refractivity contribution in [3.63, 3.8) is 0 Å². The van der Waals surface area contributed by atoms with Gasteiger partial charge in [0.05, 0.1) is 22.5 Å². The molecule has 0 heterocycles. The van der Waals surface area contributed by atoms with Crippen LogP contribution in [0.3, 0.4) is 0 Å². The number of amides is 1. The summed E-state index contributed by atoms with van der Waals surface area (Å²) in [4.78, 5) is 11.6. The molecular formula is C11H10Cl2N2O3S. The quantitative estimate of drug-likeness (QED) is 0.901. The molecule has 0 radical (unpaired) electrons. The van der Waals surface area contributed by atoms with Crippen molar-refractivity contribution in [2.24, 2.45) is 0 Å². The van der Waals surface area contributed by atoms with Crippen LogP contribution in [-0.2, 0) is 14.6 Å². The van der Waals surface area contributed by atoms with Crippen LogP contribution in [0.15, 0.2) is 18.2 Å². The number of benzene rings is 1. The molecule has 1 amide bonds. The molecule has 1 aromatic rings. The molecule has 0 bridgehead atoms. The molecule has 102 valence electrons. The number of carbonyl (C=O) groups is 1. The van der Waals surface area contributed by atoms with E-state index in [1.54, 1.807) is 6.07 Å². The molecule has 19 heavy (non-hydrogen) atoms. The van der Waals surface area contributed by atoms with E-state index in [0.29, 0.717) is 5.02 Å². The minimum absolute atomic E-state index is 0.142.